The number of nitrogens with one attached hydrogen (secondary N) is 1. The quantitative estimate of drug-likeness (QED) is 0.495. The molecule has 1 saturated carbocycles. The molecule has 2 N–H and O–H groups in total. The third-order valence-corrected chi connectivity index (χ3v) is 8.54. The van der Waals surface area contributed by atoms with E-state index in [2.05, 4.69) is 24.2 Å². The molecular formula is C32H43N3O6. The molecule has 2 aromatic rings. The van der Waals surface area contributed by atoms with E-state index in [0.29, 0.717) is 31.1 Å². The third kappa shape index (κ3) is 7.13. The average molecular weight is 566 g/mol. The molecule has 2 amide bonds. The van der Waals surface area contributed by atoms with Gasteiger partial charge in [0.15, 0.2) is 11.5 Å². The molecule has 3 aliphatic rings. The van der Waals surface area contributed by atoms with Crippen LogP contribution in [0, 0.1) is 11.8 Å². The minimum Gasteiger partial charge on any atom is -0.488 e. The number of aliphatic hydroxyl groups excluding tert-OH is 1. The number of nitrogens with zero attached hydrogens (tertiary/aromatic N) is 2. The molecule has 0 radical (unpaired) electrons. The Morgan fingerprint density at radius 1 is 1.10 bits per heavy atom. The molecular weight excluding hydrogens is 522 g/mol. The van der Waals surface area contributed by atoms with Gasteiger partial charge < -0.3 is 29.5 Å². The predicted molar refractivity (Wildman–Crippen MR) is 156 cm³/mol. The van der Waals surface area contributed by atoms with Gasteiger partial charge >= 0.3 is 0 Å². The molecule has 41 heavy (non-hydrogen) atoms. The monoisotopic (exact) mass is 565 g/mol. The zero-order valence-corrected chi connectivity index (χ0v) is 24.4. The van der Waals surface area contributed by atoms with Crippen molar-refractivity contribution < 1.29 is 28.9 Å². The molecule has 1 fully saturated rings. The molecule has 2 aromatic carbocycles. The number of carbonyl (C=O) groups excluding carboxylic acids is 2. The molecule has 9 nitrogen and oxygen atoms in total. The molecule has 1 aliphatic carbocycles. The molecule has 2 aliphatic heterocycles. The summed E-state index contributed by atoms with van der Waals surface area (Å²) < 4.78 is 17.6. The fourth-order valence-electron chi connectivity index (χ4n) is 6.06. The van der Waals surface area contributed by atoms with Gasteiger partial charge in [0.25, 0.3) is 0 Å². The molecule has 222 valence electrons. The molecule has 0 spiro atoms. The van der Waals surface area contributed by atoms with Crippen LogP contribution in [0.15, 0.2) is 36.4 Å². The molecule has 5 rings (SSSR count). The van der Waals surface area contributed by atoms with Crippen LogP contribution < -0.4 is 19.5 Å². The number of anilines is 1. The summed E-state index contributed by atoms with van der Waals surface area (Å²) in [6.07, 6.45) is 5.14. The fraction of sp³-hybridized carbons (Fsp3) is 0.562. The van der Waals surface area contributed by atoms with E-state index in [-0.39, 0.29) is 55.6 Å². The first-order valence-corrected chi connectivity index (χ1v) is 14.9. The Kier molecular flexibility index (Phi) is 9.35. The molecule has 3 atom stereocenters. The van der Waals surface area contributed by atoms with E-state index in [0.717, 1.165) is 48.3 Å². The summed E-state index contributed by atoms with van der Waals surface area (Å²) >= 11 is 0. The van der Waals surface area contributed by atoms with E-state index in [9.17, 15) is 14.7 Å². The maximum absolute atomic E-state index is 13.5. The highest BCUT2D eigenvalue weighted by atomic mass is 16.7. The normalized spacial score (nSPS) is 21.9. The molecule has 9 heteroatoms. The lowest BCUT2D eigenvalue weighted by Gasteiger charge is -2.34. The van der Waals surface area contributed by atoms with Crippen LogP contribution in [0.5, 0.6) is 17.2 Å². The topological polar surface area (TPSA) is 101 Å². The molecule has 0 aromatic heterocycles. The van der Waals surface area contributed by atoms with E-state index < -0.39 is 0 Å². The first-order chi connectivity index (χ1) is 19.8. The molecule has 0 bridgehead atoms. The maximum atomic E-state index is 13.5. The Labute approximate surface area is 242 Å². The Hall–Kier alpha value is -3.30. The van der Waals surface area contributed by atoms with Crippen molar-refractivity contribution in [3.8, 4) is 17.2 Å². The lowest BCUT2D eigenvalue weighted by molar-refractivity contribution is -0.134. The predicted octanol–water partition coefficient (Wildman–Crippen LogP) is 4.22. The van der Waals surface area contributed by atoms with Crippen LogP contribution in [-0.4, -0.2) is 72.4 Å². The lowest BCUT2D eigenvalue weighted by Crippen LogP contribution is -2.47. The van der Waals surface area contributed by atoms with Crippen molar-refractivity contribution in [2.75, 3.05) is 38.9 Å². The van der Waals surface area contributed by atoms with Gasteiger partial charge in [-0.1, -0.05) is 32.3 Å². The number of benzene rings is 2. The van der Waals surface area contributed by atoms with Gasteiger partial charge in [-0.25, -0.2) is 0 Å². The van der Waals surface area contributed by atoms with Crippen molar-refractivity contribution in [3.05, 3.63) is 47.5 Å². The Morgan fingerprint density at radius 2 is 1.85 bits per heavy atom. The SMILES string of the molecule is C[C@H](CO)N1C[C@H](C)[C@H](CN(C)Cc2ccc3c(c2)OCO3)Oc2ccc(NC(=O)C3CCCCC3)cc2CC1=O. The van der Waals surface area contributed by atoms with Crippen molar-refractivity contribution >= 4 is 17.5 Å². The van der Waals surface area contributed by atoms with Gasteiger partial charge in [-0.05, 0) is 62.7 Å². The van der Waals surface area contributed by atoms with Gasteiger partial charge in [-0.2, -0.15) is 0 Å². The number of amides is 2. The van der Waals surface area contributed by atoms with Crippen LogP contribution in [0.3, 0.4) is 0 Å². The minimum atomic E-state index is -0.312. The standard InChI is InChI=1S/C32H43N3O6/c1-21-16-35(22(2)19-36)31(37)15-25-14-26(33-32(38)24-7-5-4-6-8-24)10-12-27(25)41-30(21)18-34(3)17-23-9-11-28-29(13-23)40-20-39-28/h9-14,21-22,24,30,36H,4-8,15-20H2,1-3H3,(H,33,38)/t21-,22+,30-/m0/s1. The number of carbonyl (C=O) groups is 2. The molecule has 0 unspecified atom stereocenters. The number of likely N-dealkylation sites (N-methyl/N-ethyl adjacent to an activating group) is 1. The second kappa shape index (κ2) is 13.1. The van der Waals surface area contributed by atoms with E-state index in [1.807, 2.05) is 43.3 Å². The highest BCUT2D eigenvalue weighted by Crippen LogP contribution is 2.33. The summed E-state index contributed by atoms with van der Waals surface area (Å²) in [4.78, 5) is 30.4. The molecule has 0 saturated heterocycles. The fourth-order valence-corrected chi connectivity index (χ4v) is 6.06. The number of rotatable bonds is 8. The van der Waals surface area contributed by atoms with Crippen LogP contribution in [0.4, 0.5) is 5.69 Å². The van der Waals surface area contributed by atoms with E-state index in [1.165, 1.54) is 6.42 Å². The van der Waals surface area contributed by atoms with Crippen molar-refractivity contribution in [1.29, 1.82) is 0 Å². The second-order valence-corrected chi connectivity index (χ2v) is 11.9. The van der Waals surface area contributed by atoms with Gasteiger partial charge in [0, 0.05) is 42.7 Å². The van der Waals surface area contributed by atoms with E-state index in [1.54, 1.807) is 4.90 Å². The highest BCUT2D eigenvalue weighted by molar-refractivity contribution is 5.93. The largest absolute Gasteiger partial charge is 0.488 e. The summed E-state index contributed by atoms with van der Waals surface area (Å²) in [6, 6.07) is 11.3. The van der Waals surface area contributed by atoms with Gasteiger partial charge in [0.2, 0.25) is 18.6 Å². The Morgan fingerprint density at radius 3 is 2.63 bits per heavy atom. The van der Waals surface area contributed by atoms with E-state index >= 15 is 0 Å². The number of hydrogen-bond donors (Lipinski definition) is 2. The number of aliphatic hydroxyl groups is 1. The first kappa shape index (κ1) is 29.2. The van der Waals surface area contributed by atoms with Crippen LogP contribution >= 0.6 is 0 Å². The second-order valence-electron chi connectivity index (χ2n) is 11.9. The average Bonchev–Trinajstić information content (AvgIpc) is 3.45. The van der Waals surface area contributed by atoms with E-state index in [4.69, 9.17) is 14.2 Å². The van der Waals surface area contributed by atoms with Crippen LogP contribution in [0.2, 0.25) is 0 Å². The smallest absolute Gasteiger partial charge is 0.231 e. The van der Waals surface area contributed by atoms with Gasteiger partial charge in [0.1, 0.15) is 11.9 Å². The summed E-state index contributed by atoms with van der Waals surface area (Å²) in [6.45, 7) is 5.89. The highest BCUT2D eigenvalue weighted by Gasteiger charge is 2.31. The third-order valence-electron chi connectivity index (χ3n) is 8.54. The summed E-state index contributed by atoms with van der Waals surface area (Å²) in [5.41, 5.74) is 2.53. The summed E-state index contributed by atoms with van der Waals surface area (Å²) in [7, 11) is 2.05. The number of hydrogen-bond acceptors (Lipinski definition) is 7. The van der Waals surface area contributed by atoms with Gasteiger partial charge in [-0.3, -0.25) is 14.5 Å². The summed E-state index contributed by atoms with van der Waals surface area (Å²) in [5, 5.41) is 13.0. The number of ether oxygens (including phenoxy) is 3. The van der Waals surface area contributed by atoms with Crippen molar-refractivity contribution in [1.82, 2.24) is 9.80 Å². The first-order valence-electron chi connectivity index (χ1n) is 14.9. The Bertz CT molecular complexity index is 1230. The maximum Gasteiger partial charge on any atom is 0.231 e. The lowest BCUT2D eigenvalue weighted by atomic mass is 9.88. The van der Waals surface area contributed by atoms with Crippen LogP contribution in [0.25, 0.3) is 0 Å². The Balaban J connectivity index is 1.35. The molecule has 2 heterocycles. The summed E-state index contributed by atoms with van der Waals surface area (Å²) in [5.74, 6) is 2.21. The number of fused-ring (bicyclic) bond motifs is 2. The van der Waals surface area contributed by atoms with Gasteiger partial charge in [-0.15, -0.1) is 0 Å². The van der Waals surface area contributed by atoms with Crippen molar-refractivity contribution in [3.63, 3.8) is 0 Å². The van der Waals surface area contributed by atoms with Crippen LogP contribution in [0.1, 0.15) is 57.1 Å². The van der Waals surface area contributed by atoms with Gasteiger partial charge in [0.05, 0.1) is 19.1 Å². The van der Waals surface area contributed by atoms with Crippen molar-refractivity contribution in [2.24, 2.45) is 11.8 Å². The minimum absolute atomic E-state index is 0.00350. The van der Waals surface area contributed by atoms with Crippen LogP contribution in [-0.2, 0) is 22.6 Å². The zero-order chi connectivity index (χ0) is 28.9. The zero-order valence-electron chi connectivity index (χ0n) is 24.4. The van der Waals surface area contributed by atoms with Crippen molar-refractivity contribution in [2.45, 2.75) is 71.1 Å².